The van der Waals surface area contributed by atoms with Gasteiger partial charge in [-0.15, -0.1) is 0 Å². The van der Waals surface area contributed by atoms with Crippen molar-refractivity contribution >= 4 is 22.0 Å². The van der Waals surface area contributed by atoms with Crippen LogP contribution in [-0.2, 0) is 14.6 Å². The quantitative estimate of drug-likeness (QED) is 0.668. The Bertz CT molecular complexity index is 1140. The molecule has 2 heterocycles. The SMILES string of the molecule is C=C(NCC1CC12CCN(C(=O)c1ccccc1S(C)(=O)=O)CC2)/C1=C/C(C)/C=C\N=C/CO1. The Kier molecular flexibility index (Phi) is 6.98. The van der Waals surface area contributed by atoms with E-state index in [9.17, 15) is 13.2 Å². The first-order valence-corrected chi connectivity index (χ1v) is 13.6. The number of benzene rings is 1. The maximum atomic E-state index is 13.1. The molecule has 2 unspecified atom stereocenters. The molecular weight excluding hydrogens is 450 g/mol. The first-order valence-electron chi connectivity index (χ1n) is 11.7. The van der Waals surface area contributed by atoms with Crippen LogP contribution in [0.15, 0.2) is 70.5 Å². The van der Waals surface area contributed by atoms with Crippen LogP contribution in [0.25, 0.3) is 0 Å². The number of sulfone groups is 1. The second-order valence-corrected chi connectivity index (χ2v) is 11.5. The number of amides is 1. The number of likely N-dealkylation sites (tertiary alicyclic amines) is 1. The highest BCUT2D eigenvalue weighted by Crippen LogP contribution is 2.59. The van der Waals surface area contributed by atoms with Crippen molar-refractivity contribution < 1.29 is 17.9 Å². The molecule has 1 amide bonds. The third-order valence-corrected chi connectivity index (χ3v) is 8.25. The van der Waals surface area contributed by atoms with Crippen LogP contribution >= 0.6 is 0 Å². The molecule has 1 N–H and O–H groups in total. The molecule has 0 aromatic heterocycles. The van der Waals surface area contributed by atoms with E-state index in [1.54, 1.807) is 35.5 Å². The highest BCUT2D eigenvalue weighted by Gasteiger charge is 2.54. The molecule has 1 spiro atoms. The van der Waals surface area contributed by atoms with E-state index in [4.69, 9.17) is 4.74 Å². The van der Waals surface area contributed by atoms with E-state index in [0.29, 0.717) is 25.6 Å². The minimum Gasteiger partial charge on any atom is -0.486 e. The topological polar surface area (TPSA) is 88.1 Å². The second kappa shape index (κ2) is 9.78. The number of carbonyl (C=O) groups is 1. The lowest BCUT2D eigenvalue weighted by Crippen LogP contribution is -2.40. The van der Waals surface area contributed by atoms with Crippen molar-refractivity contribution in [3.63, 3.8) is 0 Å². The van der Waals surface area contributed by atoms with Gasteiger partial charge in [-0.1, -0.05) is 31.7 Å². The zero-order valence-electron chi connectivity index (χ0n) is 19.9. The monoisotopic (exact) mass is 483 g/mol. The van der Waals surface area contributed by atoms with Crippen LogP contribution in [0.4, 0.5) is 0 Å². The van der Waals surface area contributed by atoms with Crippen LogP contribution in [0.2, 0.25) is 0 Å². The summed E-state index contributed by atoms with van der Waals surface area (Å²) in [6, 6.07) is 6.47. The Morgan fingerprint density at radius 1 is 1.29 bits per heavy atom. The number of ether oxygens (including phenoxy) is 1. The van der Waals surface area contributed by atoms with E-state index < -0.39 is 9.84 Å². The summed E-state index contributed by atoms with van der Waals surface area (Å²) in [5.41, 5.74) is 1.29. The Labute approximate surface area is 202 Å². The van der Waals surface area contributed by atoms with Crippen molar-refractivity contribution in [3.8, 4) is 0 Å². The molecule has 1 aromatic carbocycles. The normalized spacial score (nSPS) is 27.2. The third-order valence-electron chi connectivity index (χ3n) is 7.09. The summed E-state index contributed by atoms with van der Waals surface area (Å²) in [6.07, 6.45) is 11.7. The predicted octanol–water partition coefficient (Wildman–Crippen LogP) is 3.57. The highest BCUT2D eigenvalue weighted by atomic mass is 32.2. The smallest absolute Gasteiger partial charge is 0.255 e. The minimum atomic E-state index is -3.46. The van der Waals surface area contributed by atoms with Gasteiger partial charge in [-0.05, 0) is 54.7 Å². The van der Waals surface area contributed by atoms with Gasteiger partial charge < -0.3 is 15.0 Å². The molecule has 2 atom stereocenters. The number of aliphatic imine (C=N–C) groups is 1. The van der Waals surface area contributed by atoms with E-state index in [1.807, 2.05) is 12.2 Å². The fourth-order valence-corrected chi connectivity index (χ4v) is 5.79. The molecule has 4 rings (SSSR count). The summed E-state index contributed by atoms with van der Waals surface area (Å²) in [7, 11) is -3.46. The van der Waals surface area contributed by atoms with Crippen LogP contribution < -0.4 is 5.32 Å². The van der Waals surface area contributed by atoms with Gasteiger partial charge in [-0.2, -0.15) is 0 Å². The molecule has 3 aliphatic rings. The number of carbonyl (C=O) groups excluding carboxylic acids is 1. The van der Waals surface area contributed by atoms with Gasteiger partial charge in [0.2, 0.25) is 0 Å². The molecule has 0 radical (unpaired) electrons. The van der Waals surface area contributed by atoms with E-state index in [0.717, 1.165) is 43.5 Å². The average Bonchev–Trinajstić information content (AvgIpc) is 3.46. The first-order chi connectivity index (χ1) is 16.2. The predicted molar refractivity (Wildman–Crippen MR) is 133 cm³/mol. The second-order valence-electron chi connectivity index (χ2n) is 9.56. The molecule has 1 saturated heterocycles. The molecule has 8 heteroatoms. The van der Waals surface area contributed by atoms with Crippen molar-refractivity contribution in [1.29, 1.82) is 0 Å². The number of allylic oxidation sites excluding steroid dienone is 2. The summed E-state index contributed by atoms with van der Waals surface area (Å²) >= 11 is 0. The van der Waals surface area contributed by atoms with E-state index >= 15 is 0 Å². The van der Waals surface area contributed by atoms with Crippen LogP contribution in [-0.4, -0.2) is 57.9 Å². The molecule has 182 valence electrons. The van der Waals surface area contributed by atoms with Crippen molar-refractivity contribution in [3.05, 3.63) is 66.2 Å². The number of hydrogen-bond donors (Lipinski definition) is 1. The Balaban J connectivity index is 1.31. The minimum absolute atomic E-state index is 0.102. The fourth-order valence-electron chi connectivity index (χ4n) is 4.91. The summed E-state index contributed by atoms with van der Waals surface area (Å²) < 4.78 is 30.0. The highest BCUT2D eigenvalue weighted by molar-refractivity contribution is 7.90. The van der Waals surface area contributed by atoms with Gasteiger partial charge >= 0.3 is 0 Å². The van der Waals surface area contributed by atoms with Crippen molar-refractivity contribution in [2.75, 3.05) is 32.5 Å². The Hall–Kier alpha value is -2.87. The number of nitrogens with zero attached hydrogens (tertiary/aromatic N) is 2. The van der Waals surface area contributed by atoms with Gasteiger partial charge in [0.1, 0.15) is 12.4 Å². The fraction of sp³-hybridized carbons (Fsp3) is 0.462. The van der Waals surface area contributed by atoms with Crippen molar-refractivity contribution in [2.24, 2.45) is 22.2 Å². The van der Waals surface area contributed by atoms with Gasteiger partial charge in [0.25, 0.3) is 5.91 Å². The van der Waals surface area contributed by atoms with Gasteiger partial charge in [0.15, 0.2) is 9.84 Å². The number of hydrogen-bond acceptors (Lipinski definition) is 6. The zero-order chi connectivity index (χ0) is 24.3. The molecule has 7 nitrogen and oxygen atoms in total. The van der Waals surface area contributed by atoms with Crippen molar-refractivity contribution in [1.82, 2.24) is 10.2 Å². The average molecular weight is 484 g/mol. The van der Waals surface area contributed by atoms with Crippen LogP contribution in [0, 0.1) is 17.3 Å². The van der Waals surface area contributed by atoms with E-state index in [-0.39, 0.29) is 27.7 Å². The number of piperidine rings is 1. The molecular formula is C26H33N3O4S. The molecule has 2 fully saturated rings. The molecule has 34 heavy (non-hydrogen) atoms. The van der Waals surface area contributed by atoms with Gasteiger partial charge in [0.05, 0.1) is 16.2 Å². The van der Waals surface area contributed by atoms with Crippen LogP contribution in [0.5, 0.6) is 0 Å². The van der Waals surface area contributed by atoms with Crippen LogP contribution in [0.1, 0.15) is 36.5 Å². The molecule has 1 aliphatic carbocycles. The summed E-state index contributed by atoms with van der Waals surface area (Å²) in [4.78, 5) is 19.1. The maximum Gasteiger partial charge on any atom is 0.255 e. The van der Waals surface area contributed by atoms with Gasteiger partial charge in [-0.25, -0.2) is 8.42 Å². The number of nitrogens with one attached hydrogen (secondary N) is 1. The summed E-state index contributed by atoms with van der Waals surface area (Å²) in [5.74, 6) is 1.28. The lowest BCUT2D eigenvalue weighted by Gasteiger charge is -2.33. The Morgan fingerprint density at radius 2 is 2.03 bits per heavy atom. The third kappa shape index (κ3) is 5.43. The largest absolute Gasteiger partial charge is 0.486 e. The first kappa shape index (κ1) is 24.3. The maximum absolute atomic E-state index is 13.1. The summed E-state index contributed by atoms with van der Waals surface area (Å²) in [6.45, 7) is 8.77. The lowest BCUT2D eigenvalue weighted by atomic mass is 9.90. The van der Waals surface area contributed by atoms with E-state index in [1.165, 1.54) is 6.07 Å². The standard InChI is InChI=1S/C26H33N3O4S/c1-19-8-11-27-12-15-33-23(16-19)20(2)28-18-21-17-26(21)9-13-29(14-10-26)25(30)22-6-4-5-7-24(22)34(3,31)32/h4-8,11-12,16,19,21,28H,2,9-10,13-15,17-18H2,1,3H3/b11-8-,23-16-,27-12-. The molecule has 1 saturated carbocycles. The van der Waals surface area contributed by atoms with Gasteiger partial charge in [0, 0.05) is 38.3 Å². The summed E-state index contributed by atoms with van der Waals surface area (Å²) in [5, 5.41) is 3.46. The molecule has 2 aliphatic heterocycles. The molecule has 0 bridgehead atoms. The van der Waals surface area contributed by atoms with E-state index in [2.05, 4.69) is 23.8 Å². The lowest BCUT2D eigenvalue weighted by molar-refractivity contribution is 0.0665. The zero-order valence-corrected chi connectivity index (χ0v) is 20.7. The van der Waals surface area contributed by atoms with Crippen molar-refractivity contribution in [2.45, 2.75) is 31.1 Å². The number of rotatable bonds is 6. The van der Waals surface area contributed by atoms with Gasteiger partial charge in [-0.3, -0.25) is 9.79 Å². The van der Waals surface area contributed by atoms with Crippen LogP contribution in [0.3, 0.4) is 0 Å². The Morgan fingerprint density at radius 3 is 2.76 bits per heavy atom. The molecule has 1 aromatic rings.